The summed E-state index contributed by atoms with van der Waals surface area (Å²) in [6, 6.07) is 3.46. The van der Waals surface area contributed by atoms with Crippen molar-refractivity contribution in [2.24, 2.45) is 0 Å². The van der Waals surface area contributed by atoms with Crippen molar-refractivity contribution in [2.45, 2.75) is 6.42 Å². The van der Waals surface area contributed by atoms with E-state index < -0.39 is 29.2 Å². The Labute approximate surface area is 139 Å². The molecule has 0 atom stereocenters. The van der Waals surface area contributed by atoms with Crippen molar-refractivity contribution in [1.29, 1.82) is 0 Å². The second-order valence-corrected chi connectivity index (χ2v) is 6.23. The number of halogens is 4. The number of hydrogen-bond acceptors (Lipinski definition) is 4. The Kier molecular flexibility index (Phi) is 4.70. The molecule has 0 radical (unpaired) electrons. The van der Waals surface area contributed by atoms with Gasteiger partial charge in [-0.15, -0.1) is 11.3 Å². The van der Waals surface area contributed by atoms with Crippen LogP contribution in [-0.2, 0) is 0 Å². The average Bonchev–Trinajstić information content (AvgIpc) is 2.99. The molecule has 0 bridgehead atoms. The smallest absolute Gasteiger partial charge is 0.263 e. The summed E-state index contributed by atoms with van der Waals surface area (Å²) in [7, 11) is 0. The summed E-state index contributed by atoms with van der Waals surface area (Å²) in [5.74, 6) is -6.57. The molecule has 3 rings (SSSR count). The number of amides is 1. The Morgan fingerprint density at radius 3 is 2.38 bits per heavy atom. The van der Waals surface area contributed by atoms with Crippen LogP contribution in [-0.4, -0.2) is 42.0 Å². The van der Waals surface area contributed by atoms with Crippen molar-refractivity contribution in [3.8, 4) is 0 Å². The van der Waals surface area contributed by atoms with E-state index in [0.717, 1.165) is 0 Å². The number of hydrogen-bond donors (Lipinski definition) is 0. The van der Waals surface area contributed by atoms with E-state index >= 15 is 0 Å². The van der Waals surface area contributed by atoms with Crippen molar-refractivity contribution in [1.82, 2.24) is 9.88 Å². The quantitative estimate of drug-likeness (QED) is 0.611. The van der Waals surface area contributed by atoms with Crippen LogP contribution in [0, 0.1) is 23.5 Å². The number of nitrogens with zero attached hydrogens (tertiary/aromatic N) is 3. The van der Waals surface area contributed by atoms with Gasteiger partial charge in [0.25, 0.3) is 17.8 Å². The maximum absolute atomic E-state index is 13.9. The molecule has 0 N–H and O–H groups in total. The molecule has 3 heterocycles. The third kappa shape index (κ3) is 3.08. The van der Waals surface area contributed by atoms with Gasteiger partial charge in [-0.1, -0.05) is 6.07 Å². The summed E-state index contributed by atoms with van der Waals surface area (Å²) in [5, 5.41) is 1.78. The van der Waals surface area contributed by atoms with E-state index in [4.69, 9.17) is 0 Å². The van der Waals surface area contributed by atoms with Gasteiger partial charge < -0.3 is 9.80 Å². The molecule has 0 aromatic carbocycles. The van der Waals surface area contributed by atoms with Gasteiger partial charge in [0, 0.05) is 26.2 Å². The van der Waals surface area contributed by atoms with Crippen LogP contribution in [0.25, 0.3) is 0 Å². The zero-order valence-corrected chi connectivity index (χ0v) is 13.3. The lowest BCUT2D eigenvalue weighted by molar-refractivity contribution is 0.0772. The third-order valence-electron chi connectivity index (χ3n) is 3.81. The second-order valence-electron chi connectivity index (χ2n) is 5.28. The topological polar surface area (TPSA) is 36.4 Å². The lowest BCUT2D eigenvalue weighted by Crippen LogP contribution is -2.35. The monoisotopic (exact) mass is 359 g/mol. The van der Waals surface area contributed by atoms with E-state index in [-0.39, 0.29) is 25.5 Å². The minimum atomic E-state index is -1.68. The molecule has 1 saturated heterocycles. The lowest BCUT2D eigenvalue weighted by Gasteiger charge is -2.24. The van der Waals surface area contributed by atoms with Gasteiger partial charge in [0.1, 0.15) is 5.69 Å². The van der Waals surface area contributed by atoms with E-state index in [0.29, 0.717) is 17.8 Å². The third-order valence-corrected chi connectivity index (χ3v) is 4.66. The minimum absolute atomic E-state index is 0.0633. The molecule has 0 saturated carbocycles. The van der Waals surface area contributed by atoms with Crippen LogP contribution in [0.4, 0.5) is 23.2 Å². The highest BCUT2D eigenvalue weighted by atomic mass is 32.1. The van der Waals surface area contributed by atoms with E-state index in [9.17, 15) is 22.4 Å². The Hall–Kier alpha value is -2.16. The molecule has 0 aliphatic carbocycles. The summed E-state index contributed by atoms with van der Waals surface area (Å²) in [6.45, 7) is 0.826. The number of thiophene rings is 1. The number of rotatable bonds is 2. The summed E-state index contributed by atoms with van der Waals surface area (Å²) in [5.41, 5.74) is -0.773. The molecular weight excluding hydrogens is 346 g/mol. The van der Waals surface area contributed by atoms with Crippen LogP contribution >= 0.6 is 11.3 Å². The van der Waals surface area contributed by atoms with Gasteiger partial charge in [0.05, 0.1) is 4.88 Å². The fourth-order valence-electron chi connectivity index (χ4n) is 2.65. The van der Waals surface area contributed by atoms with E-state index in [2.05, 4.69) is 4.98 Å². The molecule has 128 valence electrons. The van der Waals surface area contributed by atoms with Crippen LogP contribution in [0.2, 0.25) is 0 Å². The molecule has 1 aliphatic heterocycles. The lowest BCUT2D eigenvalue weighted by atomic mass is 10.3. The first-order chi connectivity index (χ1) is 11.5. The SMILES string of the molecule is O=C(c1cccs1)N1CCCN(c2c(F)c(F)nc(F)c2F)CC1. The zero-order valence-electron chi connectivity index (χ0n) is 12.4. The number of aromatic nitrogens is 1. The molecule has 9 heteroatoms. The van der Waals surface area contributed by atoms with Gasteiger partial charge in [-0.3, -0.25) is 4.79 Å². The Balaban J connectivity index is 1.81. The van der Waals surface area contributed by atoms with Gasteiger partial charge in [0.15, 0.2) is 0 Å². The van der Waals surface area contributed by atoms with Crippen LogP contribution < -0.4 is 4.90 Å². The van der Waals surface area contributed by atoms with Gasteiger partial charge >= 0.3 is 0 Å². The molecule has 1 fully saturated rings. The molecule has 1 aliphatic rings. The number of carbonyl (C=O) groups is 1. The average molecular weight is 359 g/mol. The number of pyridine rings is 1. The van der Waals surface area contributed by atoms with Crippen LogP contribution in [0.15, 0.2) is 17.5 Å². The summed E-state index contributed by atoms with van der Waals surface area (Å²) in [6.07, 6.45) is 0.418. The molecule has 0 unspecified atom stereocenters. The maximum atomic E-state index is 13.9. The zero-order chi connectivity index (χ0) is 17.3. The fourth-order valence-corrected chi connectivity index (χ4v) is 3.34. The maximum Gasteiger partial charge on any atom is 0.263 e. The molecule has 4 nitrogen and oxygen atoms in total. The minimum Gasteiger partial charge on any atom is -0.365 e. The Bertz CT molecular complexity index is 727. The van der Waals surface area contributed by atoms with Gasteiger partial charge in [0.2, 0.25) is 11.6 Å². The van der Waals surface area contributed by atoms with Crippen molar-refractivity contribution in [3.05, 3.63) is 45.9 Å². The van der Waals surface area contributed by atoms with Crippen molar-refractivity contribution in [3.63, 3.8) is 0 Å². The van der Waals surface area contributed by atoms with E-state index in [1.807, 2.05) is 0 Å². The Morgan fingerprint density at radius 1 is 1.04 bits per heavy atom. The predicted molar refractivity (Wildman–Crippen MR) is 81.1 cm³/mol. The van der Waals surface area contributed by atoms with Gasteiger partial charge in [-0.25, -0.2) is 0 Å². The first-order valence-corrected chi connectivity index (χ1v) is 8.14. The summed E-state index contributed by atoms with van der Waals surface area (Å²) in [4.78, 5) is 18.2. The predicted octanol–water partition coefficient (Wildman–Crippen LogP) is 3.05. The normalized spacial score (nSPS) is 15.5. The standard InChI is InChI=1S/C15H13F4N3OS/c16-10-12(11(17)14(19)20-13(10)18)21-4-2-5-22(7-6-21)15(23)9-3-1-8-24-9/h1,3,8H,2,4-7H2. The largest absolute Gasteiger partial charge is 0.365 e. The molecular formula is C15H13F4N3OS. The van der Waals surface area contributed by atoms with Crippen molar-refractivity contribution >= 4 is 22.9 Å². The van der Waals surface area contributed by atoms with E-state index in [1.165, 1.54) is 16.2 Å². The molecule has 2 aromatic heterocycles. The van der Waals surface area contributed by atoms with E-state index in [1.54, 1.807) is 22.4 Å². The molecule has 1 amide bonds. The summed E-state index contributed by atoms with van der Waals surface area (Å²) >= 11 is 1.31. The van der Waals surface area contributed by atoms with Gasteiger partial charge in [-0.2, -0.15) is 22.5 Å². The highest BCUT2D eigenvalue weighted by molar-refractivity contribution is 7.12. The van der Waals surface area contributed by atoms with Crippen LogP contribution in [0.3, 0.4) is 0 Å². The van der Waals surface area contributed by atoms with Crippen LogP contribution in [0.5, 0.6) is 0 Å². The first-order valence-electron chi connectivity index (χ1n) is 7.26. The second kappa shape index (κ2) is 6.76. The highest BCUT2D eigenvalue weighted by Crippen LogP contribution is 2.27. The van der Waals surface area contributed by atoms with Crippen LogP contribution in [0.1, 0.15) is 16.1 Å². The van der Waals surface area contributed by atoms with Crippen molar-refractivity contribution in [2.75, 3.05) is 31.1 Å². The molecule has 0 spiro atoms. The molecule has 24 heavy (non-hydrogen) atoms. The highest BCUT2D eigenvalue weighted by Gasteiger charge is 2.28. The van der Waals surface area contributed by atoms with Crippen molar-refractivity contribution < 1.29 is 22.4 Å². The Morgan fingerprint density at radius 2 is 1.75 bits per heavy atom. The number of carbonyl (C=O) groups excluding carboxylic acids is 1. The van der Waals surface area contributed by atoms with Gasteiger partial charge in [-0.05, 0) is 17.9 Å². The number of anilines is 1. The fraction of sp³-hybridized carbons (Fsp3) is 0.333. The summed E-state index contributed by atoms with van der Waals surface area (Å²) < 4.78 is 54.3. The molecule has 2 aromatic rings. The first kappa shape index (κ1) is 16.7.